The van der Waals surface area contributed by atoms with Crippen LogP contribution in [0.4, 0.5) is 0 Å². The van der Waals surface area contributed by atoms with Gasteiger partial charge >= 0.3 is 0 Å². The highest BCUT2D eigenvalue weighted by atomic mass is 16.2. The van der Waals surface area contributed by atoms with Gasteiger partial charge in [-0.15, -0.1) is 0 Å². The molecule has 24 heavy (non-hydrogen) atoms. The third-order valence-corrected chi connectivity index (χ3v) is 5.67. The fourth-order valence-corrected chi connectivity index (χ4v) is 4.20. The average Bonchev–Trinajstić information content (AvgIpc) is 3.06. The summed E-state index contributed by atoms with van der Waals surface area (Å²) in [6.07, 6.45) is 7.24. The lowest BCUT2D eigenvalue weighted by atomic mass is 10.00. The van der Waals surface area contributed by atoms with Crippen molar-refractivity contribution < 1.29 is 4.79 Å². The van der Waals surface area contributed by atoms with Crippen LogP contribution in [0.25, 0.3) is 0 Å². The highest BCUT2D eigenvalue weighted by molar-refractivity contribution is 5.82. The summed E-state index contributed by atoms with van der Waals surface area (Å²) in [5.41, 5.74) is 0. The van der Waals surface area contributed by atoms with Crippen LogP contribution in [0.5, 0.6) is 0 Å². The van der Waals surface area contributed by atoms with E-state index in [0.29, 0.717) is 5.91 Å². The first-order valence-electron chi connectivity index (χ1n) is 9.39. The highest BCUT2D eigenvalue weighted by Crippen LogP contribution is 2.26. The zero-order chi connectivity index (χ0) is 17.1. The van der Waals surface area contributed by atoms with Crippen molar-refractivity contribution in [2.75, 3.05) is 39.3 Å². The van der Waals surface area contributed by atoms with Gasteiger partial charge in [0, 0.05) is 39.1 Å². The summed E-state index contributed by atoms with van der Waals surface area (Å²) < 4.78 is 2.08. The molecule has 0 unspecified atom stereocenters. The van der Waals surface area contributed by atoms with Crippen LogP contribution in [-0.2, 0) is 11.8 Å². The van der Waals surface area contributed by atoms with E-state index in [9.17, 15) is 4.79 Å². The molecule has 6 heteroatoms. The number of aromatic nitrogens is 2. The van der Waals surface area contributed by atoms with Crippen molar-refractivity contribution in [2.24, 2.45) is 7.05 Å². The van der Waals surface area contributed by atoms with E-state index in [1.165, 1.54) is 12.8 Å². The molecule has 1 aromatic rings. The summed E-state index contributed by atoms with van der Waals surface area (Å²) in [5.74, 6) is 1.39. The predicted octanol–water partition coefficient (Wildman–Crippen LogP) is 1.50. The van der Waals surface area contributed by atoms with Crippen LogP contribution in [0.3, 0.4) is 0 Å². The van der Waals surface area contributed by atoms with Gasteiger partial charge in [-0.05, 0) is 32.5 Å². The van der Waals surface area contributed by atoms with E-state index in [1.54, 1.807) is 0 Å². The van der Waals surface area contributed by atoms with E-state index in [0.717, 1.165) is 51.5 Å². The SMILES string of the molecule is CCN1CCCC[C@@H]1C(=O)N1CCN(CC)[C@@H](c2nccn2C)C1. The van der Waals surface area contributed by atoms with Crippen LogP contribution in [0.15, 0.2) is 12.4 Å². The minimum Gasteiger partial charge on any atom is -0.338 e. The average molecular weight is 333 g/mol. The summed E-state index contributed by atoms with van der Waals surface area (Å²) in [5, 5.41) is 0. The Kier molecular flexibility index (Phi) is 5.56. The van der Waals surface area contributed by atoms with E-state index in [-0.39, 0.29) is 12.1 Å². The second kappa shape index (κ2) is 7.66. The first kappa shape index (κ1) is 17.4. The minimum atomic E-state index is 0.0824. The number of imidazole rings is 1. The Morgan fingerprint density at radius 1 is 1.17 bits per heavy atom. The van der Waals surface area contributed by atoms with Gasteiger partial charge < -0.3 is 9.47 Å². The van der Waals surface area contributed by atoms with Gasteiger partial charge in [-0.3, -0.25) is 14.6 Å². The molecule has 6 nitrogen and oxygen atoms in total. The van der Waals surface area contributed by atoms with Gasteiger partial charge in [0.1, 0.15) is 5.82 Å². The number of rotatable bonds is 4. The molecule has 3 rings (SSSR count). The minimum absolute atomic E-state index is 0.0824. The number of hydrogen-bond acceptors (Lipinski definition) is 4. The number of amides is 1. The molecule has 2 fully saturated rings. The summed E-state index contributed by atoms with van der Waals surface area (Å²) in [4.78, 5) is 24.6. The first-order chi connectivity index (χ1) is 11.7. The topological polar surface area (TPSA) is 44.6 Å². The van der Waals surface area contributed by atoms with E-state index in [1.807, 2.05) is 19.4 Å². The summed E-state index contributed by atoms with van der Waals surface area (Å²) >= 11 is 0. The molecule has 0 radical (unpaired) electrons. The molecular weight excluding hydrogens is 302 g/mol. The molecule has 2 saturated heterocycles. The molecule has 134 valence electrons. The second-order valence-electron chi connectivity index (χ2n) is 6.97. The van der Waals surface area contributed by atoms with Crippen molar-refractivity contribution in [3.63, 3.8) is 0 Å². The Hall–Kier alpha value is -1.40. The molecule has 2 aliphatic rings. The Balaban J connectivity index is 1.75. The van der Waals surface area contributed by atoms with E-state index >= 15 is 0 Å². The van der Waals surface area contributed by atoms with Gasteiger partial charge in [-0.25, -0.2) is 4.98 Å². The monoisotopic (exact) mass is 333 g/mol. The van der Waals surface area contributed by atoms with Crippen molar-refractivity contribution in [2.45, 2.75) is 45.2 Å². The van der Waals surface area contributed by atoms with E-state index < -0.39 is 0 Å². The fourth-order valence-electron chi connectivity index (χ4n) is 4.20. The maximum absolute atomic E-state index is 13.2. The van der Waals surface area contributed by atoms with Crippen molar-refractivity contribution in [1.82, 2.24) is 24.3 Å². The summed E-state index contributed by atoms with van der Waals surface area (Å²) in [7, 11) is 2.04. The molecule has 2 aliphatic heterocycles. The lowest BCUT2D eigenvalue weighted by Gasteiger charge is -2.43. The van der Waals surface area contributed by atoms with Crippen molar-refractivity contribution in [1.29, 1.82) is 0 Å². The van der Waals surface area contributed by atoms with Crippen LogP contribution in [-0.4, -0.2) is 75.5 Å². The van der Waals surface area contributed by atoms with Crippen LogP contribution in [0, 0.1) is 0 Å². The Morgan fingerprint density at radius 3 is 2.62 bits per heavy atom. The number of nitrogens with zero attached hydrogens (tertiary/aromatic N) is 5. The van der Waals surface area contributed by atoms with Crippen LogP contribution < -0.4 is 0 Å². The molecule has 0 spiro atoms. The fraction of sp³-hybridized carbons (Fsp3) is 0.778. The van der Waals surface area contributed by atoms with Crippen LogP contribution in [0.2, 0.25) is 0 Å². The lowest BCUT2D eigenvalue weighted by molar-refractivity contribution is -0.141. The first-order valence-corrected chi connectivity index (χ1v) is 9.39. The number of aryl methyl sites for hydroxylation is 1. The third kappa shape index (κ3) is 3.35. The molecule has 1 aromatic heterocycles. The standard InChI is InChI=1S/C18H31N5O/c1-4-21-10-7-6-8-15(21)18(24)23-13-12-22(5-2)16(14-23)17-19-9-11-20(17)3/h9,11,15-16H,4-8,10,12-14H2,1-3H3/t15-,16-/m1/s1. The Bertz CT molecular complexity index is 557. The van der Waals surface area contributed by atoms with E-state index in [2.05, 4.69) is 38.1 Å². The van der Waals surface area contributed by atoms with Gasteiger partial charge in [0.15, 0.2) is 0 Å². The number of piperazine rings is 1. The highest BCUT2D eigenvalue weighted by Gasteiger charge is 2.36. The predicted molar refractivity (Wildman–Crippen MR) is 94.7 cm³/mol. The number of likely N-dealkylation sites (N-methyl/N-ethyl adjacent to an activating group) is 2. The maximum Gasteiger partial charge on any atom is 0.240 e. The zero-order valence-corrected chi connectivity index (χ0v) is 15.3. The van der Waals surface area contributed by atoms with Crippen molar-refractivity contribution in [3.8, 4) is 0 Å². The maximum atomic E-state index is 13.2. The largest absolute Gasteiger partial charge is 0.338 e. The lowest BCUT2D eigenvalue weighted by Crippen LogP contribution is -2.57. The van der Waals surface area contributed by atoms with Gasteiger partial charge in [0.2, 0.25) is 5.91 Å². The molecule has 1 amide bonds. The molecule has 3 heterocycles. The van der Waals surface area contributed by atoms with Crippen molar-refractivity contribution >= 4 is 5.91 Å². The summed E-state index contributed by atoms with van der Waals surface area (Å²) in [6.45, 7) is 9.89. The van der Waals surface area contributed by atoms with Gasteiger partial charge in [-0.1, -0.05) is 20.3 Å². The van der Waals surface area contributed by atoms with E-state index in [4.69, 9.17) is 0 Å². The number of hydrogen-bond donors (Lipinski definition) is 0. The molecule has 0 N–H and O–H groups in total. The molecule has 0 aromatic carbocycles. The normalized spacial score (nSPS) is 26.7. The van der Waals surface area contributed by atoms with Gasteiger partial charge in [0.05, 0.1) is 12.1 Å². The van der Waals surface area contributed by atoms with Gasteiger partial charge in [0.25, 0.3) is 0 Å². The van der Waals surface area contributed by atoms with Crippen LogP contribution in [0.1, 0.15) is 45.0 Å². The van der Waals surface area contributed by atoms with Crippen molar-refractivity contribution in [3.05, 3.63) is 18.2 Å². The zero-order valence-electron chi connectivity index (χ0n) is 15.3. The molecular formula is C18H31N5O. The number of likely N-dealkylation sites (tertiary alicyclic amines) is 1. The molecule has 2 atom stereocenters. The molecule has 0 saturated carbocycles. The quantitative estimate of drug-likeness (QED) is 0.838. The second-order valence-corrected chi connectivity index (χ2v) is 6.97. The summed E-state index contributed by atoms with van der Waals surface area (Å²) in [6, 6.07) is 0.283. The van der Waals surface area contributed by atoms with Gasteiger partial charge in [-0.2, -0.15) is 0 Å². The Labute approximate surface area is 145 Å². The number of carbonyl (C=O) groups is 1. The smallest absolute Gasteiger partial charge is 0.240 e. The molecule has 0 aliphatic carbocycles. The third-order valence-electron chi connectivity index (χ3n) is 5.67. The van der Waals surface area contributed by atoms with Crippen LogP contribution >= 0.6 is 0 Å². The number of carbonyl (C=O) groups excluding carboxylic acids is 1. The molecule has 0 bridgehead atoms. The Morgan fingerprint density at radius 2 is 1.96 bits per heavy atom. The number of piperidine rings is 1.